The van der Waals surface area contributed by atoms with Crippen molar-refractivity contribution >= 4 is 43.0 Å². The van der Waals surface area contributed by atoms with E-state index >= 15 is 0 Å². The van der Waals surface area contributed by atoms with Crippen LogP contribution in [0.2, 0.25) is 0 Å². The maximum atomic E-state index is 13.1. The summed E-state index contributed by atoms with van der Waals surface area (Å²) in [5.41, 5.74) is 4.06. The number of piperazine rings is 1. The van der Waals surface area contributed by atoms with Crippen LogP contribution in [-0.2, 0) is 27.8 Å². The second-order valence-corrected chi connectivity index (χ2v) is 12.2. The summed E-state index contributed by atoms with van der Waals surface area (Å²) < 4.78 is 26.7. The number of amides is 1. The van der Waals surface area contributed by atoms with Gasteiger partial charge in [0.25, 0.3) is 0 Å². The molecule has 3 aromatic heterocycles. The van der Waals surface area contributed by atoms with Gasteiger partial charge in [-0.3, -0.25) is 14.7 Å². The summed E-state index contributed by atoms with van der Waals surface area (Å²) in [5, 5.41) is 6.15. The molecule has 37 heavy (non-hydrogen) atoms. The zero-order valence-corrected chi connectivity index (χ0v) is 22.4. The van der Waals surface area contributed by atoms with E-state index in [-0.39, 0.29) is 18.4 Å². The van der Waals surface area contributed by atoms with Crippen molar-refractivity contribution in [2.45, 2.75) is 25.9 Å². The fourth-order valence-corrected chi connectivity index (χ4v) is 6.49. The van der Waals surface area contributed by atoms with E-state index in [0.717, 1.165) is 27.0 Å². The molecule has 4 aromatic rings. The van der Waals surface area contributed by atoms with Crippen LogP contribution < -0.4 is 5.32 Å². The maximum absolute atomic E-state index is 13.1. The lowest BCUT2D eigenvalue weighted by molar-refractivity contribution is -0.115. The maximum Gasteiger partial charge on any atom is 0.230 e. The van der Waals surface area contributed by atoms with Crippen molar-refractivity contribution in [3.05, 3.63) is 77.6 Å². The van der Waals surface area contributed by atoms with Gasteiger partial charge in [0, 0.05) is 55.1 Å². The first-order chi connectivity index (χ1) is 17.8. The Morgan fingerprint density at radius 1 is 1.11 bits per heavy atom. The molecule has 1 atom stereocenters. The van der Waals surface area contributed by atoms with Crippen molar-refractivity contribution in [2.75, 3.05) is 31.2 Å². The molecule has 0 aliphatic carbocycles. The second-order valence-electron chi connectivity index (χ2n) is 9.30. The number of aromatic nitrogens is 2. The largest absolute Gasteiger partial charge is 0.323 e. The number of benzene rings is 1. The lowest BCUT2D eigenvalue weighted by Gasteiger charge is -2.38. The van der Waals surface area contributed by atoms with E-state index in [1.807, 2.05) is 66.9 Å². The number of anilines is 1. The molecule has 1 amide bonds. The number of nitrogens with one attached hydrogen (secondary N) is 1. The molecule has 1 unspecified atom stereocenters. The van der Waals surface area contributed by atoms with Crippen molar-refractivity contribution in [2.24, 2.45) is 0 Å². The van der Waals surface area contributed by atoms with Crippen molar-refractivity contribution in [1.29, 1.82) is 0 Å². The average Bonchev–Trinajstić information content (AvgIpc) is 3.37. The molecular formula is C27H29N5O3S2. The van der Waals surface area contributed by atoms with Crippen molar-refractivity contribution < 1.29 is 13.2 Å². The SMILES string of the molecule is CC1CN(S(C)(=O)=O)CCN1Cc1nc(-c2ccccc2)c2ccsc2c1NC(=O)Cc1ccccn1. The lowest BCUT2D eigenvalue weighted by Crippen LogP contribution is -2.52. The van der Waals surface area contributed by atoms with Gasteiger partial charge in [-0.2, -0.15) is 4.31 Å². The minimum Gasteiger partial charge on any atom is -0.323 e. The highest BCUT2D eigenvalue weighted by atomic mass is 32.2. The predicted molar refractivity (Wildman–Crippen MR) is 148 cm³/mol. The van der Waals surface area contributed by atoms with E-state index in [1.165, 1.54) is 10.6 Å². The van der Waals surface area contributed by atoms with Gasteiger partial charge in [-0.15, -0.1) is 11.3 Å². The Morgan fingerprint density at radius 2 is 1.89 bits per heavy atom. The van der Waals surface area contributed by atoms with Crippen LogP contribution in [0.15, 0.2) is 66.2 Å². The molecule has 1 fully saturated rings. The summed E-state index contributed by atoms with van der Waals surface area (Å²) in [7, 11) is -3.24. The predicted octanol–water partition coefficient (Wildman–Crippen LogP) is 4.01. The number of hydrogen-bond acceptors (Lipinski definition) is 7. The van der Waals surface area contributed by atoms with E-state index in [0.29, 0.717) is 37.6 Å². The lowest BCUT2D eigenvalue weighted by atomic mass is 10.1. The summed E-state index contributed by atoms with van der Waals surface area (Å²) in [4.78, 5) is 24.7. The van der Waals surface area contributed by atoms with Crippen LogP contribution in [0.3, 0.4) is 0 Å². The van der Waals surface area contributed by atoms with Crippen LogP contribution in [0, 0.1) is 0 Å². The number of sulfonamides is 1. The standard InChI is InChI=1S/C27H29N5O3S2/c1-19-17-32(37(2,34)35)14-13-31(19)18-23-26(30-24(33)16-21-10-6-7-12-28-21)27-22(11-15-36-27)25(29-23)20-8-4-3-5-9-20/h3-12,15,19H,13-14,16-18H2,1-2H3,(H,30,33). The van der Waals surface area contributed by atoms with Gasteiger partial charge in [-0.1, -0.05) is 36.4 Å². The van der Waals surface area contributed by atoms with E-state index in [2.05, 4.69) is 15.2 Å². The number of nitrogens with zero attached hydrogens (tertiary/aromatic N) is 4. The minimum atomic E-state index is -3.24. The summed E-state index contributed by atoms with van der Waals surface area (Å²) in [6, 6.07) is 17.6. The zero-order valence-electron chi connectivity index (χ0n) is 20.8. The Hall–Kier alpha value is -3.18. The third-order valence-electron chi connectivity index (χ3n) is 6.61. The van der Waals surface area contributed by atoms with Crippen LogP contribution in [0.25, 0.3) is 21.3 Å². The first-order valence-electron chi connectivity index (χ1n) is 12.1. The summed E-state index contributed by atoms with van der Waals surface area (Å²) in [6.45, 7) is 3.95. The summed E-state index contributed by atoms with van der Waals surface area (Å²) in [6.07, 6.45) is 3.10. The van der Waals surface area contributed by atoms with Crippen molar-refractivity contribution in [3.8, 4) is 11.3 Å². The monoisotopic (exact) mass is 535 g/mol. The number of thiophene rings is 1. The van der Waals surface area contributed by atoms with Gasteiger partial charge in [0.05, 0.1) is 34.5 Å². The minimum absolute atomic E-state index is 0.00144. The first-order valence-corrected chi connectivity index (χ1v) is 14.9. The van der Waals surface area contributed by atoms with Gasteiger partial charge in [-0.25, -0.2) is 13.4 Å². The Bertz CT molecular complexity index is 1510. The molecule has 4 heterocycles. The van der Waals surface area contributed by atoms with Gasteiger partial charge in [0.2, 0.25) is 15.9 Å². The number of rotatable bonds is 7. The average molecular weight is 536 g/mol. The van der Waals surface area contributed by atoms with Crippen LogP contribution in [0.4, 0.5) is 5.69 Å². The highest BCUT2D eigenvalue weighted by Gasteiger charge is 2.30. The molecule has 0 spiro atoms. The van der Waals surface area contributed by atoms with Gasteiger partial charge in [-0.05, 0) is 30.5 Å². The van der Waals surface area contributed by atoms with E-state index in [9.17, 15) is 13.2 Å². The summed E-state index contributed by atoms with van der Waals surface area (Å²) >= 11 is 1.58. The quantitative estimate of drug-likeness (QED) is 0.384. The Labute approximate surface area is 221 Å². The molecule has 0 saturated carbocycles. The van der Waals surface area contributed by atoms with Crippen molar-refractivity contribution in [3.63, 3.8) is 0 Å². The molecular weight excluding hydrogens is 506 g/mol. The van der Waals surface area contributed by atoms with Crippen LogP contribution in [-0.4, -0.2) is 65.4 Å². The zero-order chi connectivity index (χ0) is 26.0. The topological polar surface area (TPSA) is 95.5 Å². The number of fused-ring (bicyclic) bond motifs is 1. The fraction of sp³-hybridized carbons (Fsp3) is 0.296. The molecule has 1 aromatic carbocycles. The third-order valence-corrected chi connectivity index (χ3v) is 8.81. The van der Waals surface area contributed by atoms with E-state index < -0.39 is 10.0 Å². The van der Waals surface area contributed by atoms with Crippen LogP contribution >= 0.6 is 11.3 Å². The third kappa shape index (κ3) is 5.72. The highest BCUT2D eigenvalue weighted by molar-refractivity contribution is 7.88. The normalized spacial score (nSPS) is 17.2. The molecule has 1 aliphatic heterocycles. The molecule has 0 bridgehead atoms. The van der Waals surface area contributed by atoms with Gasteiger partial charge in [0.15, 0.2) is 0 Å². The Kier molecular flexibility index (Phi) is 7.34. The number of pyridine rings is 2. The number of carbonyl (C=O) groups is 1. The molecule has 0 radical (unpaired) electrons. The molecule has 1 aliphatic rings. The molecule has 1 saturated heterocycles. The molecule has 5 rings (SSSR count). The molecule has 10 heteroatoms. The number of hydrogen-bond donors (Lipinski definition) is 1. The Balaban J connectivity index is 1.52. The van der Waals surface area contributed by atoms with E-state index in [4.69, 9.17) is 4.98 Å². The highest BCUT2D eigenvalue weighted by Crippen LogP contribution is 2.38. The molecule has 192 valence electrons. The van der Waals surface area contributed by atoms with Crippen molar-refractivity contribution in [1.82, 2.24) is 19.2 Å². The first kappa shape index (κ1) is 25.5. The smallest absolute Gasteiger partial charge is 0.230 e. The van der Waals surface area contributed by atoms with Gasteiger partial charge in [0.1, 0.15) is 0 Å². The molecule has 8 nitrogen and oxygen atoms in total. The number of carbonyl (C=O) groups excluding carboxylic acids is 1. The fourth-order valence-electron chi connectivity index (χ4n) is 4.67. The van der Waals surface area contributed by atoms with Crippen LogP contribution in [0.1, 0.15) is 18.3 Å². The molecule has 1 N–H and O–H groups in total. The Morgan fingerprint density at radius 3 is 2.59 bits per heavy atom. The second kappa shape index (κ2) is 10.7. The van der Waals surface area contributed by atoms with Gasteiger partial charge >= 0.3 is 0 Å². The van der Waals surface area contributed by atoms with Crippen LogP contribution in [0.5, 0.6) is 0 Å². The van der Waals surface area contributed by atoms with E-state index in [1.54, 1.807) is 17.5 Å². The summed E-state index contributed by atoms with van der Waals surface area (Å²) in [5.74, 6) is -0.154. The van der Waals surface area contributed by atoms with Gasteiger partial charge < -0.3 is 5.32 Å².